The van der Waals surface area contributed by atoms with Crippen molar-refractivity contribution < 1.29 is 14.4 Å². The second kappa shape index (κ2) is 13.1. The van der Waals surface area contributed by atoms with Crippen molar-refractivity contribution in [1.82, 2.24) is 9.55 Å². The second-order valence-corrected chi connectivity index (χ2v) is 14.7. The lowest BCUT2D eigenvalue weighted by Crippen LogP contribution is -2.65. The summed E-state index contributed by atoms with van der Waals surface area (Å²) in [6, 6.07) is 2.18. The van der Waals surface area contributed by atoms with E-state index in [1.807, 2.05) is 67.5 Å². The van der Waals surface area contributed by atoms with Crippen molar-refractivity contribution >= 4 is 17.5 Å². The van der Waals surface area contributed by atoms with Crippen LogP contribution in [0.3, 0.4) is 0 Å². The Balaban J connectivity index is 0.000000870. The molecule has 8 atom stereocenters. The molecule has 1 aromatic heterocycles. The van der Waals surface area contributed by atoms with Gasteiger partial charge in [-0.3, -0.25) is 19.0 Å². The van der Waals surface area contributed by atoms with Gasteiger partial charge in [0.15, 0.2) is 11.6 Å². The molecular weight excluding hydrogens is 558 g/mol. The van der Waals surface area contributed by atoms with Gasteiger partial charge in [0.2, 0.25) is 5.91 Å². The molecule has 3 fully saturated rings. The fourth-order valence-electron chi connectivity index (χ4n) is 10.5. The molecule has 0 aromatic carbocycles. The van der Waals surface area contributed by atoms with E-state index in [9.17, 15) is 19.6 Å². The standard InChI is InChI=1S/C33H41N3O3.3C2H6/c1-20-7-10-33(28(39)36-14-13-35-19-36)12-11-32(6)26(22(33)15-20)23(37)16-25-30(4)17-21(18-34)27(38)29(2,3)24(30)8-9-31(25,32)5;3*1-2/h13-14,16-17,19-20,22,24,26H,7-12,15H2,1-6H3;3*1-2H3/t20-,22?,24?,26?,30-,31+,32+,33-;;;/m0.../s1. The minimum absolute atomic E-state index is 0.0165. The number of rotatable bonds is 1. The largest absolute Gasteiger partial charge is 0.295 e. The molecule has 0 bridgehead atoms. The maximum atomic E-state index is 14.5. The Morgan fingerprint density at radius 3 is 2.18 bits per heavy atom. The number of ketones is 2. The van der Waals surface area contributed by atoms with Crippen LogP contribution in [0.15, 0.2) is 42.0 Å². The molecule has 0 spiro atoms. The summed E-state index contributed by atoms with van der Waals surface area (Å²) in [5.74, 6) is 0.393. The molecule has 3 saturated carbocycles. The number of allylic oxidation sites excluding steroid dienone is 4. The maximum Gasteiger partial charge on any atom is 0.238 e. The van der Waals surface area contributed by atoms with Gasteiger partial charge in [0.25, 0.3) is 0 Å². The predicted octanol–water partition coefficient (Wildman–Crippen LogP) is 9.43. The average Bonchev–Trinajstić information content (AvgIpc) is 3.58. The minimum Gasteiger partial charge on any atom is -0.295 e. The van der Waals surface area contributed by atoms with Gasteiger partial charge in [0.05, 0.1) is 11.0 Å². The summed E-state index contributed by atoms with van der Waals surface area (Å²) in [5.41, 5.74) is -1.03. The highest BCUT2D eigenvalue weighted by atomic mass is 16.2. The van der Waals surface area contributed by atoms with Crippen molar-refractivity contribution in [2.24, 2.45) is 50.7 Å². The van der Waals surface area contributed by atoms with Crippen LogP contribution in [0.2, 0.25) is 0 Å². The molecule has 5 aliphatic rings. The van der Waals surface area contributed by atoms with Crippen molar-refractivity contribution in [1.29, 1.82) is 5.26 Å². The lowest BCUT2D eigenvalue weighted by molar-refractivity contribution is -0.161. The van der Waals surface area contributed by atoms with Gasteiger partial charge in [-0.15, -0.1) is 0 Å². The van der Waals surface area contributed by atoms with Crippen molar-refractivity contribution in [2.75, 3.05) is 0 Å². The number of hydrogen-bond acceptors (Lipinski definition) is 5. The predicted molar refractivity (Wildman–Crippen MR) is 181 cm³/mol. The Morgan fingerprint density at radius 1 is 0.956 bits per heavy atom. The van der Waals surface area contributed by atoms with Gasteiger partial charge in [-0.25, -0.2) is 4.98 Å². The molecule has 0 N–H and O–H groups in total. The smallest absolute Gasteiger partial charge is 0.238 e. The van der Waals surface area contributed by atoms with Crippen LogP contribution in [0, 0.1) is 62.1 Å². The molecule has 0 saturated heterocycles. The Labute approximate surface area is 273 Å². The SMILES string of the molecule is CC.CC.CC.C[C@H]1CC[C@]2(C(=O)n3ccnc3)CC[C@]3(C)C(C(=O)C=C4[C@@]5(C)C=C(C#N)C(=O)C(C)(C)C5CC[C@]43C)C2C1. The van der Waals surface area contributed by atoms with Crippen molar-refractivity contribution in [3.63, 3.8) is 0 Å². The van der Waals surface area contributed by atoms with E-state index in [1.54, 1.807) is 23.3 Å². The van der Waals surface area contributed by atoms with Crippen molar-refractivity contribution in [3.8, 4) is 6.07 Å². The third-order valence-electron chi connectivity index (χ3n) is 12.7. The first-order chi connectivity index (χ1) is 21.3. The molecule has 6 nitrogen and oxygen atoms in total. The number of carbonyl (C=O) groups is 3. The van der Waals surface area contributed by atoms with Gasteiger partial charge >= 0.3 is 0 Å². The van der Waals surface area contributed by atoms with Crippen LogP contribution in [0.1, 0.15) is 133 Å². The summed E-state index contributed by atoms with van der Waals surface area (Å²) >= 11 is 0. The monoisotopic (exact) mass is 617 g/mol. The van der Waals surface area contributed by atoms with E-state index in [4.69, 9.17) is 0 Å². The van der Waals surface area contributed by atoms with E-state index in [2.05, 4.69) is 38.7 Å². The van der Waals surface area contributed by atoms with Gasteiger partial charge in [0, 0.05) is 29.1 Å². The Bertz CT molecular complexity index is 1380. The molecule has 3 unspecified atom stereocenters. The fraction of sp³-hybridized carbons (Fsp3) is 0.718. The molecule has 0 radical (unpaired) electrons. The summed E-state index contributed by atoms with van der Waals surface area (Å²) in [6.07, 6.45) is 14.8. The highest BCUT2D eigenvalue weighted by molar-refractivity contribution is 6.04. The van der Waals surface area contributed by atoms with Crippen LogP contribution >= 0.6 is 0 Å². The van der Waals surface area contributed by atoms with E-state index in [1.165, 1.54) is 0 Å². The topological polar surface area (TPSA) is 92.8 Å². The summed E-state index contributed by atoms with van der Waals surface area (Å²) in [6.45, 7) is 25.0. The number of imidazole rings is 1. The summed E-state index contributed by atoms with van der Waals surface area (Å²) in [7, 11) is 0. The van der Waals surface area contributed by atoms with Gasteiger partial charge in [-0.2, -0.15) is 5.26 Å². The van der Waals surface area contributed by atoms with Gasteiger partial charge in [-0.1, -0.05) is 94.7 Å². The lowest BCUT2D eigenvalue weighted by Gasteiger charge is -2.68. The van der Waals surface area contributed by atoms with E-state index < -0.39 is 16.2 Å². The van der Waals surface area contributed by atoms with Crippen molar-refractivity contribution in [2.45, 2.75) is 128 Å². The first kappa shape index (κ1) is 36.7. The van der Waals surface area contributed by atoms with E-state index >= 15 is 0 Å². The summed E-state index contributed by atoms with van der Waals surface area (Å²) in [5, 5.41) is 9.90. The zero-order valence-electron chi connectivity index (χ0n) is 30.2. The molecule has 6 rings (SSSR count). The Hall–Kier alpha value is -2.81. The van der Waals surface area contributed by atoms with Crippen LogP contribution in [-0.2, 0) is 9.59 Å². The highest BCUT2D eigenvalue weighted by Crippen LogP contribution is 2.74. The van der Waals surface area contributed by atoms with Crippen LogP contribution in [-0.4, -0.2) is 27.0 Å². The number of Topliss-reactive ketones (excluding diaryl/α,β-unsaturated/α-hetero) is 1. The average molecular weight is 618 g/mol. The van der Waals surface area contributed by atoms with Crippen LogP contribution in [0.4, 0.5) is 0 Å². The molecular formula is C39H59N3O3. The van der Waals surface area contributed by atoms with Gasteiger partial charge in [-0.05, 0) is 79.6 Å². The lowest BCUT2D eigenvalue weighted by atomic mass is 9.34. The number of carbonyl (C=O) groups excluding carboxylic acids is 3. The highest BCUT2D eigenvalue weighted by Gasteiger charge is 2.70. The summed E-state index contributed by atoms with van der Waals surface area (Å²) in [4.78, 5) is 46.0. The Kier molecular flexibility index (Phi) is 10.7. The van der Waals surface area contributed by atoms with Gasteiger partial charge < -0.3 is 0 Å². The number of hydrogen-bond donors (Lipinski definition) is 0. The molecule has 1 aromatic rings. The molecule has 45 heavy (non-hydrogen) atoms. The first-order valence-electron chi connectivity index (χ1n) is 17.7. The minimum atomic E-state index is -0.671. The van der Waals surface area contributed by atoms with E-state index in [-0.39, 0.29) is 51.6 Å². The zero-order valence-corrected chi connectivity index (χ0v) is 30.2. The zero-order chi connectivity index (χ0) is 34.2. The second-order valence-electron chi connectivity index (χ2n) is 14.7. The molecule has 248 valence electrons. The molecule has 0 aliphatic heterocycles. The van der Waals surface area contributed by atoms with Crippen molar-refractivity contribution in [3.05, 3.63) is 42.0 Å². The Morgan fingerprint density at radius 2 is 1.60 bits per heavy atom. The first-order valence-corrected chi connectivity index (χ1v) is 17.7. The third kappa shape index (κ3) is 5.12. The number of nitrogens with zero attached hydrogens (tertiary/aromatic N) is 3. The number of fused-ring (bicyclic) bond motifs is 7. The quantitative estimate of drug-likeness (QED) is 0.313. The fourth-order valence-corrected chi connectivity index (χ4v) is 10.5. The third-order valence-corrected chi connectivity index (χ3v) is 12.7. The number of aromatic nitrogens is 2. The van der Waals surface area contributed by atoms with Crippen LogP contribution in [0.25, 0.3) is 0 Å². The summed E-state index contributed by atoms with van der Waals surface area (Å²) < 4.78 is 1.64. The van der Waals surface area contributed by atoms with Crippen LogP contribution < -0.4 is 0 Å². The normalized spacial score (nSPS) is 39.0. The molecule has 5 aliphatic carbocycles. The molecule has 0 amide bonds. The molecule has 6 heteroatoms. The van der Waals surface area contributed by atoms with E-state index in [0.29, 0.717) is 5.92 Å². The maximum absolute atomic E-state index is 14.5. The van der Waals surface area contributed by atoms with Gasteiger partial charge in [0.1, 0.15) is 12.4 Å². The number of nitriles is 1. The van der Waals surface area contributed by atoms with Crippen LogP contribution in [0.5, 0.6) is 0 Å². The van der Waals surface area contributed by atoms with E-state index in [0.717, 1.165) is 50.5 Å². The molecule has 1 heterocycles.